The number of pyridine rings is 1. The van der Waals surface area contributed by atoms with Crippen LogP contribution in [0.3, 0.4) is 0 Å². The molecular weight excluding hydrogens is 238 g/mol. The molecule has 0 fully saturated rings. The van der Waals surface area contributed by atoms with Gasteiger partial charge in [0.2, 0.25) is 0 Å². The maximum atomic E-state index is 12.3. The van der Waals surface area contributed by atoms with Gasteiger partial charge in [-0.2, -0.15) is 0 Å². The molecule has 0 atom stereocenters. The molecular formula is C15H13N3O. The van der Waals surface area contributed by atoms with Gasteiger partial charge in [0, 0.05) is 18.9 Å². The van der Waals surface area contributed by atoms with E-state index in [9.17, 15) is 4.79 Å². The predicted octanol–water partition coefficient (Wildman–Crippen LogP) is 2.03. The van der Waals surface area contributed by atoms with Gasteiger partial charge in [-0.1, -0.05) is 12.1 Å². The van der Waals surface area contributed by atoms with Crippen molar-refractivity contribution >= 4 is 10.9 Å². The Bertz CT molecular complexity index is 750. The van der Waals surface area contributed by atoms with Crippen molar-refractivity contribution in [2.45, 2.75) is 13.0 Å². The molecule has 0 amide bonds. The van der Waals surface area contributed by atoms with E-state index in [1.54, 1.807) is 23.3 Å². The Labute approximate surface area is 110 Å². The van der Waals surface area contributed by atoms with Gasteiger partial charge >= 0.3 is 0 Å². The van der Waals surface area contributed by atoms with E-state index in [2.05, 4.69) is 9.97 Å². The maximum Gasteiger partial charge on any atom is 0.261 e. The molecule has 94 valence electrons. The topological polar surface area (TPSA) is 47.8 Å². The molecule has 0 saturated heterocycles. The summed E-state index contributed by atoms with van der Waals surface area (Å²) in [6, 6.07) is 11.3. The van der Waals surface area contributed by atoms with E-state index in [-0.39, 0.29) is 5.56 Å². The van der Waals surface area contributed by atoms with Crippen molar-refractivity contribution < 1.29 is 0 Å². The number of aromatic nitrogens is 3. The molecule has 0 spiro atoms. The fourth-order valence-corrected chi connectivity index (χ4v) is 2.06. The van der Waals surface area contributed by atoms with Crippen LogP contribution in [0.4, 0.5) is 0 Å². The molecule has 0 bridgehead atoms. The maximum absolute atomic E-state index is 12.3. The molecule has 2 heterocycles. The molecule has 0 N–H and O–H groups in total. The van der Waals surface area contributed by atoms with E-state index in [1.165, 1.54) is 0 Å². The van der Waals surface area contributed by atoms with Gasteiger partial charge in [0.1, 0.15) is 0 Å². The summed E-state index contributed by atoms with van der Waals surface area (Å²) in [5, 5.41) is 0.666. The lowest BCUT2D eigenvalue weighted by atomic mass is 10.2. The molecule has 3 aromatic rings. The Morgan fingerprint density at radius 2 is 1.84 bits per heavy atom. The van der Waals surface area contributed by atoms with Crippen molar-refractivity contribution in [1.82, 2.24) is 14.5 Å². The summed E-state index contributed by atoms with van der Waals surface area (Å²) in [6.07, 6.45) is 5.93. The van der Waals surface area contributed by atoms with Crippen molar-refractivity contribution in [3.8, 4) is 0 Å². The van der Waals surface area contributed by atoms with Crippen LogP contribution in [0.1, 0.15) is 5.56 Å². The van der Waals surface area contributed by atoms with E-state index in [4.69, 9.17) is 0 Å². The van der Waals surface area contributed by atoms with Gasteiger partial charge in [-0.05, 0) is 36.2 Å². The highest BCUT2D eigenvalue weighted by Gasteiger charge is 2.03. The molecule has 0 radical (unpaired) electrons. The molecule has 0 aliphatic carbocycles. The fourth-order valence-electron chi connectivity index (χ4n) is 2.06. The van der Waals surface area contributed by atoms with E-state index in [0.717, 1.165) is 17.5 Å². The number of fused-ring (bicyclic) bond motifs is 1. The van der Waals surface area contributed by atoms with E-state index in [1.807, 2.05) is 36.4 Å². The number of aryl methyl sites for hydroxylation is 2. The van der Waals surface area contributed by atoms with Gasteiger partial charge in [0.05, 0.1) is 17.2 Å². The van der Waals surface area contributed by atoms with Gasteiger partial charge in [0.15, 0.2) is 0 Å². The number of para-hydroxylation sites is 1. The van der Waals surface area contributed by atoms with Gasteiger partial charge < -0.3 is 0 Å². The fraction of sp³-hybridized carbons (Fsp3) is 0.133. The highest BCUT2D eigenvalue weighted by molar-refractivity contribution is 5.76. The molecule has 0 aliphatic rings. The second kappa shape index (κ2) is 5.02. The van der Waals surface area contributed by atoms with E-state index >= 15 is 0 Å². The van der Waals surface area contributed by atoms with Crippen molar-refractivity contribution in [3.05, 3.63) is 71.0 Å². The van der Waals surface area contributed by atoms with Gasteiger partial charge in [-0.25, -0.2) is 4.98 Å². The molecule has 4 nitrogen and oxygen atoms in total. The van der Waals surface area contributed by atoms with Crippen LogP contribution in [-0.4, -0.2) is 14.5 Å². The summed E-state index contributed by atoms with van der Waals surface area (Å²) in [5.74, 6) is 0. The molecule has 0 saturated carbocycles. The van der Waals surface area contributed by atoms with Crippen LogP contribution >= 0.6 is 0 Å². The number of benzene rings is 1. The predicted molar refractivity (Wildman–Crippen MR) is 73.9 cm³/mol. The van der Waals surface area contributed by atoms with Crippen molar-refractivity contribution in [2.24, 2.45) is 0 Å². The molecule has 2 aromatic heterocycles. The third-order valence-corrected chi connectivity index (χ3v) is 3.12. The van der Waals surface area contributed by atoms with E-state index in [0.29, 0.717) is 11.9 Å². The first-order valence-corrected chi connectivity index (χ1v) is 6.18. The normalized spacial score (nSPS) is 10.7. The summed E-state index contributed by atoms with van der Waals surface area (Å²) >= 11 is 0. The van der Waals surface area contributed by atoms with Crippen molar-refractivity contribution in [3.63, 3.8) is 0 Å². The number of hydrogen-bond donors (Lipinski definition) is 0. The first kappa shape index (κ1) is 11.6. The first-order chi connectivity index (χ1) is 9.34. The van der Waals surface area contributed by atoms with Crippen LogP contribution in [0, 0.1) is 0 Å². The van der Waals surface area contributed by atoms with Crippen molar-refractivity contribution in [2.75, 3.05) is 0 Å². The Morgan fingerprint density at radius 3 is 2.68 bits per heavy atom. The average molecular weight is 251 g/mol. The monoisotopic (exact) mass is 251 g/mol. The molecule has 0 aliphatic heterocycles. The Morgan fingerprint density at radius 1 is 1.05 bits per heavy atom. The second-order valence-electron chi connectivity index (χ2n) is 4.37. The zero-order valence-corrected chi connectivity index (χ0v) is 10.4. The zero-order chi connectivity index (χ0) is 13.1. The molecule has 19 heavy (non-hydrogen) atoms. The highest BCUT2D eigenvalue weighted by Crippen LogP contribution is 2.05. The molecule has 1 aromatic carbocycles. The van der Waals surface area contributed by atoms with Gasteiger partial charge in [-0.15, -0.1) is 0 Å². The zero-order valence-electron chi connectivity index (χ0n) is 10.4. The minimum Gasteiger partial charge on any atom is -0.298 e. The summed E-state index contributed by atoms with van der Waals surface area (Å²) in [4.78, 5) is 20.5. The third kappa shape index (κ3) is 2.38. The van der Waals surface area contributed by atoms with Crippen LogP contribution in [0.2, 0.25) is 0 Å². The van der Waals surface area contributed by atoms with Crippen molar-refractivity contribution in [1.29, 1.82) is 0 Å². The van der Waals surface area contributed by atoms with Crippen LogP contribution in [0.15, 0.2) is 59.9 Å². The molecule has 3 rings (SSSR count). The quantitative estimate of drug-likeness (QED) is 0.715. The van der Waals surface area contributed by atoms with Crippen LogP contribution in [0.25, 0.3) is 10.9 Å². The lowest BCUT2D eigenvalue weighted by molar-refractivity contribution is 0.662. The first-order valence-electron chi connectivity index (χ1n) is 6.18. The molecule has 0 unspecified atom stereocenters. The van der Waals surface area contributed by atoms with Gasteiger partial charge in [-0.3, -0.25) is 14.3 Å². The SMILES string of the molecule is O=c1c2ccccc2ncn1CCc1ccncc1. The largest absolute Gasteiger partial charge is 0.298 e. The highest BCUT2D eigenvalue weighted by atomic mass is 16.1. The standard InChI is InChI=1S/C15H13N3O/c19-15-13-3-1-2-4-14(13)17-11-18(15)10-7-12-5-8-16-9-6-12/h1-6,8-9,11H,7,10H2. The van der Waals surface area contributed by atoms with Gasteiger partial charge in [0.25, 0.3) is 5.56 Å². The Hall–Kier alpha value is -2.49. The summed E-state index contributed by atoms with van der Waals surface area (Å²) in [6.45, 7) is 0.626. The van der Waals surface area contributed by atoms with Crippen LogP contribution < -0.4 is 5.56 Å². The lowest BCUT2D eigenvalue weighted by Crippen LogP contribution is -2.21. The number of rotatable bonds is 3. The smallest absolute Gasteiger partial charge is 0.261 e. The van der Waals surface area contributed by atoms with Crippen LogP contribution in [0.5, 0.6) is 0 Å². The van der Waals surface area contributed by atoms with E-state index < -0.39 is 0 Å². The summed E-state index contributed by atoms with van der Waals surface area (Å²) in [5.41, 5.74) is 1.92. The number of hydrogen-bond acceptors (Lipinski definition) is 3. The Kier molecular flexibility index (Phi) is 3.06. The van der Waals surface area contributed by atoms with Crippen LogP contribution in [-0.2, 0) is 13.0 Å². The summed E-state index contributed by atoms with van der Waals surface area (Å²) < 4.78 is 1.66. The minimum absolute atomic E-state index is 0.0136. The average Bonchev–Trinajstić information content (AvgIpc) is 2.48. The molecule has 4 heteroatoms. The Balaban J connectivity index is 1.90. The second-order valence-corrected chi connectivity index (χ2v) is 4.37. The number of nitrogens with zero attached hydrogens (tertiary/aromatic N) is 3. The third-order valence-electron chi connectivity index (χ3n) is 3.12. The lowest BCUT2D eigenvalue weighted by Gasteiger charge is -2.06. The summed E-state index contributed by atoms with van der Waals surface area (Å²) in [7, 11) is 0. The minimum atomic E-state index is 0.0136.